The van der Waals surface area contributed by atoms with Crippen molar-refractivity contribution >= 4 is 17.7 Å². The van der Waals surface area contributed by atoms with Gasteiger partial charge in [0.15, 0.2) is 10.9 Å². The van der Waals surface area contributed by atoms with Crippen LogP contribution in [-0.2, 0) is 0 Å². The second kappa shape index (κ2) is 5.96. The van der Waals surface area contributed by atoms with E-state index >= 15 is 0 Å². The predicted octanol–water partition coefficient (Wildman–Crippen LogP) is 1.84. The molecule has 1 N–H and O–H groups in total. The highest BCUT2D eigenvalue weighted by Crippen LogP contribution is 2.18. The molecule has 1 aromatic heterocycles. The minimum absolute atomic E-state index is 0.152. The maximum Gasteiger partial charge on any atom is 0.289 e. The number of furan rings is 1. The van der Waals surface area contributed by atoms with Gasteiger partial charge in [0, 0.05) is 13.6 Å². The molecule has 0 spiro atoms. The summed E-state index contributed by atoms with van der Waals surface area (Å²) in [5.41, 5.74) is 0. The number of hydrogen-bond acceptors (Lipinski definition) is 4. The molecule has 4 nitrogen and oxygen atoms in total. The van der Waals surface area contributed by atoms with E-state index < -0.39 is 6.10 Å². The quantitative estimate of drug-likeness (QED) is 0.802. The monoisotopic (exact) mass is 243 g/mol. The first-order chi connectivity index (χ1) is 7.54. The lowest BCUT2D eigenvalue weighted by molar-refractivity contribution is 0.0732. The fourth-order valence-electron chi connectivity index (χ4n) is 1.21. The Morgan fingerprint density at radius 2 is 2.31 bits per heavy atom. The second-order valence-corrected chi connectivity index (χ2v) is 4.50. The molecule has 1 rings (SSSR count). The molecule has 0 fully saturated rings. The number of nitrogens with zero attached hydrogens (tertiary/aromatic N) is 1. The van der Waals surface area contributed by atoms with Crippen LogP contribution in [0.2, 0.25) is 0 Å². The van der Waals surface area contributed by atoms with Crippen molar-refractivity contribution in [3.8, 4) is 0 Å². The molecule has 0 saturated heterocycles. The van der Waals surface area contributed by atoms with Gasteiger partial charge in [-0.15, -0.1) is 0 Å². The standard InChI is InChI=1S/C11H17NO3S/c1-8(13)6-7-12(2)11(14)9-4-5-10(15-9)16-3/h4-5,8,13H,6-7H2,1-3H3. The molecule has 5 heteroatoms. The highest BCUT2D eigenvalue weighted by atomic mass is 32.2. The van der Waals surface area contributed by atoms with Gasteiger partial charge in [0.05, 0.1) is 6.10 Å². The first-order valence-corrected chi connectivity index (χ1v) is 6.34. The van der Waals surface area contributed by atoms with E-state index in [1.165, 1.54) is 11.8 Å². The van der Waals surface area contributed by atoms with E-state index in [2.05, 4.69) is 0 Å². The summed E-state index contributed by atoms with van der Waals surface area (Å²) in [5.74, 6) is 0.193. The average Bonchev–Trinajstić information content (AvgIpc) is 2.73. The molecule has 0 aliphatic carbocycles. The zero-order valence-corrected chi connectivity index (χ0v) is 10.6. The Kier molecular flexibility index (Phi) is 4.89. The first kappa shape index (κ1) is 13.1. The smallest absolute Gasteiger partial charge is 0.289 e. The highest BCUT2D eigenvalue weighted by molar-refractivity contribution is 7.98. The van der Waals surface area contributed by atoms with E-state index in [9.17, 15) is 4.79 Å². The molecular formula is C11H17NO3S. The molecular weight excluding hydrogens is 226 g/mol. The Morgan fingerprint density at radius 1 is 1.62 bits per heavy atom. The fraction of sp³-hybridized carbons (Fsp3) is 0.545. The van der Waals surface area contributed by atoms with E-state index in [-0.39, 0.29) is 5.91 Å². The summed E-state index contributed by atoms with van der Waals surface area (Å²) in [6.07, 6.45) is 2.07. The number of aliphatic hydroxyl groups is 1. The molecule has 1 unspecified atom stereocenters. The molecule has 1 amide bonds. The van der Waals surface area contributed by atoms with E-state index in [0.717, 1.165) is 5.09 Å². The Balaban J connectivity index is 2.56. The molecule has 0 aliphatic heterocycles. The summed E-state index contributed by atoms with van der Waals surface area (Å²) >= 11 is 1.46. The van der Waals surface area contributed by atoms with Crippen LogP contribution in [0.3, 0.4) is 0 Å². The average molecular weight is 243 g/mol. The van der Waals surface area contributed by atoms with Gasteiger partial charge in [-0.2, -0.15) is 0 Å². The van der Waals surface area contributed by atoms with Gasteiger partial charge in [0.2, 0.25) is 0 Å². The topological polar surface area (TPSA) is 53.7 Å². The zero-order chi connectivity index (χ0) is 12.1. The number of carbonyl (C=O) groups excluding carboxylic acids is 1. The van der Waals surface area contributed by atoms with Crippen LogP contribution >= 0.6 is 11.8 Å². The SMILES string of the molecule is CSc1ccc(C(=O)N(C)CCC(C)O)o1. The van der Waals surface area contributed by atoms with Crippen molar-refractivity contribution in [1.82, 2.24) is 4.90 Å². The fourth-order valence-corrected chi connectivity index (χ4v) is 1.59. The van der Waals surface area contributed by atoms with Gasteiger partial charge in [-0.3, -0.25) is 4.79 Å². The van der Waals surface area contributed by atoms with Gasteiger partial charge in [-0.25, -0.2) is 0 Å². The lowest BCUT2D eigenvalue weighted by Crippen LogP contribution is -2.29. The Hall–Kier alpha value is -0.940. The highest BCUT2D eigenvalue weighted by Gasteiger charge is 2.15. The summed E-state index contributed by atoms with van der Waals surface area (Å²) in [5, 5.41) is 9.86. The van der Waals surface area contributed by atoms with Crippen molar-refractivity contribution < 1.29 is 14.3 Å². The van der Waals surface area contributed by atoms with Crippen LogP contribution < -0.4 is 0 Å². The number of thioether (sulfide) groups is 1. The molecule has 90 valence electrons. The summed E-state index contributed by atoms with van der Waals surface area (Å²) < 4.78 is 5.33. The molecule has 1 aromatic rings. The van der Waals surface area contributed by atoms with Gasteiger partial charge in [0.25, 0.3) is 5.91 Å². The predicted molar refractivity (Wildman–Crippen MR) is 63.7 cm³/mol. The van der Waals surface area contributed by atoms with Gasteiger partial charge in [0.1, 0.15) is 0 Å². The summed E-state index contributed by atoms with van der Waals surface area (Å²) in [6.45, 7) is 2.23. The van der Waals surface area contributed by atoms with Gasteiger partial charge in [-0.1, -0.05) is 11.8 Å². The summed E-state index contributed by atoms with van der Waals surface area (Å²) in [7, 11) is 1.70. The molecule has 1 atom stereocenters. The maximum absolute atomic E-state index is 11.8. The minimum Gasteiger partial charge on any atom is -0.445 e. The van der Waals surface area contributed by atoms with Crippen LogP contribution in [0.25, 0.3) is 0 Å². The largest absolute Gasteiger partial charge is 0.445 e. The number of carbonyl (C=O) groups is 1. The number of rotatable bonds is 5. The van der Waals surface area contributed by atoms with E-state index in [1.54, 1.807) is 31.0 Å². The number of aliphatic hydroxyl groups excluding tert-OH is 1. The third kappa shape index (κ3) is 3.57. The van der Waals surface area contributed by atoms with Crippen molar-refractivity contribution in [3.05, 3.63) is 17.9 Å². The second-order valence-electron chi connectivity index (χ2n) is 3.69. The van der Waals surface area contributed by atoms with Crippen LogP contribution in [0.15, 0.2) is 21.6 Å². The third-order valence-corrected chi connectivity index (χ3v) is 2.84. The minimum atomic E-state index is -0.395. The van der Waals surface area contributed by atoms with Crippen molar-refractivity contribution in [2.75, 3.05) is 19.8 Å². The lowest BCUT2D eigenvalue weighted by Gasteiger charge is -2.16. The normalized spacial score (nSPS) is 12.5. The Labute approximate surface area is 99.6 Å². The number of amides is 1. The van der Waals surface area contributed by atoms with Crippen LogP contribution in [-0.4, -0.2) is 41.9 Å². The Morgan fingerprint density at radius 3 is 2.81 bits per heavy atom. The lowest BCUT2D eigenvalue weighted by atomic mass is 10.2. The molecule has 0 bridgehead atoms. The van der Waals surface area contributed by atoms with Crippen molar-refractivity contribution in [1.29, 1.82) is 0 Å². The van der Waals surface area contributed by atoms with Crippen LogP contribution in [0, 0.1) is 0 Å². The summed E-state index contributed by atoms with van der Waals surface area (Å²) in [4.78, 5) is 13.4. The van der Waals surface area contributed by atoms with Gasteiger partial charge < -0.3 is 14.4 Å². The van der Waals surface area contributed by atoms with E-state index in [1.807, 2.05) is 6.26 Å². The van der Waals surface area contributed by atoms with Gasteiger partial charge >= 0.3 is 0 Å². The van der Waals surface area contributed by atoms with Crippen LogP contribution in [0.1, 0.15) is 23.9 Å². The van der Waals surface area contributed by atoms with Crippen molar-refractivity contribution in [2.45, 2.75) is 24.5 Å². The van der Waals surface area contributed by atoms with Gasteiger partial charge in [-0.05, 0) is 31.7 Å². The molecule has 0 saturated carbocycles. The Bertz CT molecular complexity index is 349. The molecule has 0 aliphatic rings. The summed E-state index contributed by atoms with van der Waals surface area (Å²) in [6, 6.07) is 3.45. The molecule has 0 radical (unpaired) electrons. The molecule has 0 aromatic carbocycles. The van der Waals surface area contributed by atoms with Crippen LogP contribution in [0.5, 0.6) is 0 Å². The van der Waals surface area contributed by atoms with Crippen LogP contribution in [0.4, 0.5) is 0 Å². The first-order valence-electron chi connectivity index (χ1n) is 5.12. The maximum atomic E-state index is 11.8. The molecule has 16 heavy (non-hydrogen) atoms. The zero-order valence-electron chi connectivity index (χ0n) is 9.77. The number of hydrogen-bond donors (Lipinski definition) is 1. The van der Waals surface area contributed by atoms with E-state index in [0.29, 0.717) is 18.7 Å². The van der Waals surface area contributed by atoms with Crippen molar-refractivity contribution in [2.24, 2.45) is 0 Å². The van der Waals surface area contributed by atoms with Crippen molar-refractivity contribution in [3.63, 3.8) is 0 Å². The van der Waals surface area contributed by atoms with E-state index in [4.69, 9.17) is 9.52 Å². The third-order valence-electron chi connectivity index (χ3n) is 2.22. The molecule has 1 heterocycles.